The molecule has 0 radical (unpaired) electrons. The minimum Gasteiger partial charge on any atom is -0.367 e. The zero-order chi connectivity index (χ0) is 11.0. The van der Waals surface area contributed by atoms with Crippen LogP contribution >= 0.6 is 0 Å². The van der Waals surface area contributed by atoms with Crippen LogP contribution in [0.15, 0.2) is 17.1 Å². The summed E-state index contributed by atoms with van der Waals surface area (Å²) in [6.07, 6.45) is 0.400. The number of benzene rings is 1. The number of rotatable bonds is 1. The molecule has 3 nitrogen and oxygen atoms in total. The Balaban J connectivity index is 2.76. The number of fused-ring (bicyclic) bond motifs is 1. The molecule has 1 aromatic rings. The molecule has 15 heavy (non-hydrogen) atoms. The molecule has 1 aromatic carbocycles. The lowest BCUT2D eigenvalue weighted by Crippen LogP contribution is -2.39. The lowest BCUT2D eigenvalue weighted by molar-refractivity contribution is -0.124. The summed E-state index contributed by atoms with van der Waals surface area (Å²) < 4.78 is 30.9. The summed E-state index contributed by atoms with van der Waals surface area (Å²) in [6, 6.07) is 1.76. The van der Waals surface area contributed by atoms with Crippen LogP contribution in [0.3, 0.4) is 0 Å². The predicted molar refractivity (Wildman–Crippen MR) is 47.4 cm³/mol. The van der Waals surface area contributed by atoms with E-state index in [0.717, 1.165) is 12.1 Å². The lowest BCUT2D eigenvalue weighted by Gasteiger charge is -2.09. The van der Waals surface area contributed by atoms with Gasteiger partial charge in [0, 0.05) is 24.5 Å². The van der Waals surface area contributed by atoms with Gasteiger partial charge in [0.2, 0.25) is 0 Å². The minimum absolute atomic E-state index is 0.00537. The first-order valence-electron chi connectivity index (χ1n) is 4.24. The van der Waals surface area contributed by atoms with Crippen LogP contribution in [0.5, 0.6) is 0 Å². The molecule has 1 amide bonds. The number of hydrogen-bond acceptors (Lipinski definition) is 2. The van der Waals surface area contributed by atoms with Gasteiger partial charge in [0.05, 0.1) is 5.36 Å². The zero-order valence-corrected chi connectivity index (χ0v) is 7.83. The Labute approximate surface area is 83.7 Å². The van der Waals surface area contributed by atoms with E-state index in [4.69, 9.17) is 4.74 Å². The van der Waals surface area contributed by atoms with E-state index in [1.165, 1.54) is 13.2 Å². The van der Waals surface area contributed by atoms with Gasteiger partial charge >= 0.3 is 0 Å². The molecule has 1 unspecified atom stereocenters. The number of hydrogen-bond donors (Lipinski definition) is 0. The normalized spacial score (nSPS) is 19.1. The van der Waals surface area contributed by atoms with Crippen molar-refractivity contribution in [3.05, 3.63) is 34.3 Å². The number of carbonyl (C=O) groups is 1. The summed E-state index contributed by atoms with van der Waals surface area (Å²) in [5, 5.41) is 0.105. The monoisotopic (exact) mass is 211 g/mol. The summed E-state index contributed by atoms with van der Waals surface area (Å²) in [4.78, 5) is 14.8. The first-order chi connectivity index (χ1) is 7.11. The van der Waals surface area contributed by atoms with Crippen LogP contribution in [0, 0.1) is 11.6 Å². The molecule has 1 atom stereocenters. The summed E-state index contributed by atoms with van der Waals surface area (Å²) in [7, 11) is 1.32. The van der Waals surface area contributed by atoms with Crippen LogP contribution < -0.4 is 10.6 Å². The molecule has 0 saturated carbocycles. The summed E-state index contributed by atoms with van der Waals surface area (Å²) in [5.41, 5.74) is 0. The third-order valence-corrected chi connectivity index (χ3v) is 2.12. The fourth-order valence-electron chi connectivity index (χ4n) is 1.40. The fraction of sp³-hybridized carbons (Fsp3) is 0.200. The number of methoxy groups -OCH3 is 1. The van der Waals surface area contributed by atoms with E-state index in [0.29, 0.717) is 0 Å². The van der Waals surface area contributed by atoms with Crippen molar-refractivity contribution in [3.8, 4) is 0 Å². The number of carbonyl (C=O) groups excluding carboxylic acids is 1. The van der Waals surface area contributed by atoms with E-state index in [9.17, 15) is 13.6 Å². The van der Waals surface area contributed by atoms with Crippen molar-refractivity contribution in [2.75, 3.05) is 7.11 Å². The summed E-state index contributed by atoms with van der Waals surface area (Å²) in [5.74, 6) is -2.06. The molecule has 0 N–H and O–H groups in total. The van der Waals surface area contributed by atoms with Gasteiger partial charge in [0.1, 0.15) is 11.6 Å². The molecule has 0 aromatic heterocycles. The van der Waals surface area contributed by atoms with E-state index in [1.54, 1.807) is 0 Å². The standard InChI is InChI=1S/C10H7F2NO2/c1-15-9-4-6-7(12)2-5(11)3-8(6)13-10(9)14/h2-4,9H,1H3. The van der Waals surface area contributed by atoms with Gasteiger partial charge in [0.25, 0.3) is 5.91 Å². The second kappa shape index (κ2) is 3.51. The largest absolute Gasteiger partial charge is 0.367 e. The van der Waals surface area contributed by atoms with Crippen LogP contribution in [0.4, 0.5) is 8.78 Å². The first kappa shape index (κ1) is 9.92. The maximum absolute atomic E-state index is 13.3. The van der Waals surface area contributed by atoms with E-state index in [-0.39, 0.29) is 10.6 Å². The molecule has 5 heteroatoms. The molecule has 0 saturated heterocycles. The van der Waals surface area contributed by atoms with Gasteiger partial charge in [-0.15, -0.1) is 0 Å². The molecular weight excluding hydrogens is 204 g/mol. The van der Waals surface area contributed by atoms with E-state index < -0.39 is 23.6 Å². The molecular formula is C10H7F2NO2. The zero-order valence-electron chi connectivity index (χ0n) is 7.83. The second-order valence-corrected chi connectivity index (χ2v) is 3.09. The first-order valence-corrected chi connectivity index (χ1v) is 4.24. The van der Waals surface area contributed by atoms with Gasteiger partial charge < -0.3 is 4.74 Å². The Morgan fingerprint density at radius 3 is 2.80 bits per heavy atom. The van der Waals surface area contributed by atoms with Crippen molar-refractivity contribution < 1.29 is 18.3 Å². The van der Waals surface area contributed by atoms with Crippen LogP contribution in [-0.4, -0.2) is 19.1 Å². The molecule has 0 bridgehead atoms. The minimum atomic E-state index is -0.891. The molecule has 1 heterocycles. The highest BCUT2D eigenvalue weighted by atomic mass is 19.1. The lowest BCUT2D eigenvalue weighted by atomic mass is 10.1. The average molecular weight is 211 g/mol. The van der Waals surface area contributed by atoms with Crippen molar-refractivity contribution in [1.29, 1.82) is 0 Å². The number of halogens is 2. The average Bonchev–Trinajstić information content (AvgIpc) is 2.16. The van der Waals surface area contributed by atoms with Gasteiger partial charge in [-0.2, -0.15) is 0 Å². The molecule has 78 valence electrons. The molecule has 2 rings (SSSR count). The topological polar surface area (TPSA) is 38.7 Å². The number of nitrogens with zero attached hydrogens (tertiary/aromatic N) is 1. The van der Waals surface area contributed by atoms with Gasteiger partial charge in [-0.25, -0.2) is 13.8 Å². The van der Waals surface area contributed by atoms with E-state index >= 15 is 0 Å². The van der Waals surface area contributed by atoms with Crippen molar-refractivity contribution in [1.82, 2.24) is 0 Å². The quantitative estimate of drug-likeness (QED) is 0.651. The Morgan fingerprint density at radius 1 is 1.40 bits per heavy atom. The Hall–Kier alpha value is -1.62. The van der Waals surface area contributed by atoms with E-state index in [2.05, 4.69) is 4.99 Å². The SMILES string of the molecule is COC1C=c2c(F)cc(F)cc2=NC1=O. The van der Waals surface area contributed by atoms with Crippen molar-refractivity contribution in [2.45, 2.75) is 6.10 Å². The Bertz CT molecular complexity index is 539. The highest BCUT2D eigenvalue weighted by Gasteiger charge is 2.18. The predicted octanol–water partition coefficient (Wildman–Crippen LogP) is -0.0799. The Morgan fingerprint density at radius 2 is 2.13 bits per heavy atom. The van der Waals surface area contributed by atoms with Crippen LogP contribution in [0.2, 0.25) is 0 Å². The third kappa shape index (κ3) is 1.66. The second-order valence-electron chi connectivity index (χ2n) is 3.09. The third-order valence-electron chi connectivity index (χ3n) is 2.12. The van der Waals surface area contributed by atoms with Crippen LogP contribution in [-0.2, 0) is 9.53 Å². The van der Waals surface area contributed by atoms with Gasteiger partial charge in [-0.1, -0.05) is 0 Å². The van der Waals surface area contributed by atoms with Crippen molar-refractivity contribution >= 4 is 12.0 Å². The summed E-state index contributed by atoms with van der Waals surface area (Å²) >= 11 is 0. The smallest absolute Gasteiger partial charge is 0.279 e. The van der Waals surface area contributed by atoms with Gasteiger partial charge in [-0.05, 0) is 6.08 Å². The fourth-order valence-corrected chi connectivity index (χ4v) is 1.40. The highest BCUT2D eigenvalue weighted by Crippen LogP contribution is 2.00. The van der Waals surface area contributed by atoms with Gasteiger partial charge in [-0.3, -0.25) is 4.79 Å². The summed E-state index contributed by atoms with van der Waals surface area (Å²) in [6.45, 7) is 0. The molecule has 0 aliphatic carbocycles. The maximum atomic E-state index is 13.3. The number of ether oxygens (including phenoxy) is 1. The Kier molecular flexibility index (Phi) is 2.32. The van der Waals surface area contributed by atoms with Crippen LogP contribution in [0.1, 0.15) is 0 Å². The van der Waals surface area contributed by atoms with Crippen molar-refractivity contribution in [3.63, 3.8) is 0 Å². The van der Waals surface area contributed by atoms with Gasteiger partial charge in [0.15, 0.2) is 6.10 Å². The molecule has 1 aliphatic heterocycles. The van der Waals surface area contributed by atoms with E-state index in [1.807, 2.05) is 0 Å². The molecule has 1 aliphatic rings. The number of amides is 1. The van der Waals surface area contributed by atoms with Crippen molar-refractivity contribution in [2.24, 2.45) is 4.99 Å². The van der Waals surface area contributed by atoms with Crippen LogP contribution in [0.25, 0.3) is 6.08 Å². The highest BCUT2D eigenvalue weighted by molar-refractivity contribution is 5.88. The molecule has 0 fully saturated rings. The molecule has 0 spiro atoms. The maximum Gasteiger partial charge on any atom is 0.279 e.